The number of amides is 3. The zero-order valence-electron chi connectivity index (χ0n) is 17.2. The molecule has 1 aliphatic heterocycles. The minimum absolute atomic E-state index is 0.0552. The normalized spacial score (nSPS) is 22.9. The van der Waals surface area contributed by atoms with Crippen LogP contribution in [0.1, 0.15) is 25.0 Å². The van der Waals surface area contributed by atoms with E-state index in [0.29, 0.717) is 24.3 Å². The Hall–Kier alpha value is -3.40. The van der Waals surface area contributed by atoms with Crippen molar-refractivity contribution in [2.24, 2.45) is 11.8 Å². The molecule has 1 fully saturated rings. The Morgan fingerprint density at radius 2 is 1.84 bits per heavy atom. The van der Waals surface area contributed by atoms with E-state index in [2.05, 4.69) is 10.5 Å². The number of carboxylic acids is 1. The highest BCUT2D eigenvalue weighted by Crippen LogP contribution is 2.34. The van der Waals surface area contributed by atoms with Gasteiger partial charge in [0.1, 0.15) is 5.76 Å². The maximum atomic E-state index is 12.7. The number of benzene rings is 1. The van der Waals surface area contributed by atoms with Crippen LogP contribution in [-0.4, -0.2) is 39.2 Å². The minimum atomic E-state index is -0.980. The second kappa shape index (κ2) is 8.99. The predicted octanol–water partition coefficient (Wildman–Crippen LogP) is 3.01. The summed E-state index contributed by atoms with van der Waals surface area (Å²) in [6.45, 7) is 1.68. The third-order valence-corrected chi connectivity index (χ3v) is 6.63. The number of anilines is 2. The molecule has 10 heteroatoms. The zero-order valence-corrected chi connectivity index (χ0v) is 18.0. The van der Waals surface area contributed by atoms with E-state index < -0.39 is 23.1 Å². The van der Waals surface area contributed by atoms with Crippen LogP contribution >= 0.6 is 11.8 Å². The van der Waals surface area contributed by atoms with Crippen molar-refractivity contribution < 1.29 is 28.8 Å². The number of carboxylic acid groups (broad SMARTS) is 1. The van der Waals surface area contributed by atoms with Crippen molar-refractivity contribution in [3.05, 3.63) is 48.2 Å². The largest absolute Gasteiger partial charge is 0.481 e. The summed E-state index contributed by atoms with van der Waals surface area (Å²) >= 11 is 1.26. The van der Waals surface area contributed by atoms with Gasteiger partial charge in [0.2, 0.25) is 17.7 Å². The van der Waals surface area contributed by atoms with E-state index in [1.807, 2.05) is 6.08 Å². The first kappa shape index (κ1) is 21.8. The van der Waals surface area contributed by atoms with Crippen LogP contribution in [0.4, 0.5) is 11.5 Å². The molecule has 166 valence electrons. The lowest BCUT2D eigenvalue weighted by molar-refractivity contribution is -0.146. The number of hydrogen-bond donors (Lipinski definition) is 2. The lowest BCUT2D eigenvalue weighted by Gasteiger charge is -2.24. The molecule has 2 aromatic rings. The second-order valence-corrected chi connectivity index (χ2v) is 8.96. The highest BCUT2D eigenvalue weighted by atomic mass is 32.2. The fourth-order valence-corrected chi connectivity index (χ4v) is 4.84. The van der Waals surface area contributed by atoms with Crippen LogP contribution in [0.3, 0.4) is 0 Å². The van der Waals surface area contributed by atoms with Gasteiger partial charge in [-0.3, -0.25) is 19.2 Å². The van der Waals surface area contributed by atoms with E-state index in [-0.39, 0.29) is 30.0 Å². The Morgan fingerprint density at radius 1 is 1.16 bits per heavy atom. The van der Waals surface area contributed by atoms with Crippen LogP contribution in [0, 0.1) is 18.8 Å². The van der Waals surface area contributed by atoms with Gasteiger partial charge in [0.15, 0.2) is 5.82 Å². The van der Waals surface area contributed by atoms with Crippen LogP contribution in [0.2, 0.25) is 0 Å². The number of nitrogens with one attached hydrogen (secondary N) is 1. The van der Waals surface area contributed by atoms with Crippen molar-refractivity contribution in [1.82, 2.24) is 5.16 Å². The molecule has 9 nitrogen and oxygen atoms in total. The Bertz CT molecular complexity index is 1090. The number of allylic oxidation sites excluding steroid dienone is 2. The Morgan fingerprint density at radius 3 is 2.47 bits per heavy atom. The van der Waals surface area contributed by atoms with Crippen molar-refractivity contribution in [3.8, 4) is 0 Å². The van der Waals surface area contributed by atoms with Crippen molar-refractivity contribution >= 4 is 47.0 Å². The fraction of sp³-hybridized carbons (Fsp3) is 0.318. The van der Waals surface area contributed by atoms with E-state index in [1.54, 1.807) is 37.3 Å². The summed E-state index contributed by atoms with van der Waals surface area (Å²) in [5.41, 5.74) is 0.534. The van der Waals surface area contributed by atoms with Crippen LogP contribution in [0.15, 0.2) is 51.9 Å². The first-order valence-electron chi connectivity index (χ1n) is 10.1. The Labute approximate surface area is 187 Å². The van der Waals surface area contributed by atoms with Gasteiger partial charge >= 0.3 is 5.97 Å². The Kier molecular flexibility index (Phi) is 6.13. The molecule has 0 unspecified atom stereocenters. The topological polar surface area (TPSA) is 130 Å². The maximum Gasteiger partial charge on any atom is 0.307 e. The van der Waals surface area contributed by atoms with Crippen LogP contribution in [-0.2, 0) is 19.2 Å². The van der Waals surface area contributed by atoms with Gasteiger partial charge in [-0.15, -0.1) is 11.8 Å². The van der Waals surface area contributed by atoms with Crippen LogP contribution < -0.4 is 10.2 Å². The van der Waals surface area contributed by atoms with E-state index in [0.717, 1.165) is 9.80 Å². The van der Waals surface area contributed by atoms with Gasteiger partial charge < -0.3 is 14.9 Å². The molecule has 0 radical (unpaired) electrons. The lowest BCUT2D eigenvalue weighted by Crippen LogP contribution is -2.34. The number of carbonyl (C=O) groups excluding carboxylic acids is 3. The third-order valence-electron chi connectivity index (χ3n) is 5.44. The van der Waals surface area contributed by atoms with Crippen molar-refractivity contribution in [2.75, 3.05) is 10.2 Å². The zero-order chi connectivity index (χ0) is 22.8. The van der Waals surface area contributed by atoms with Gasteiger partial charge in [-0.05, 0) is 44.0 Å². The molecular formula is C22H21N3O6S. The third kappa shape index (κ3) is 4.45. The SMILES string of the molecule is Cc1cc(N2C(=O)C[C@H](Sc3ccc(NC(=O)[C@H]4CC=CC[C@@H]4C(=O)O)cc3)C2=O)no1. The monoisotopic (exact) mass is 455 g/mol. The number of rotatable bonds is 6. The van der Waals surface area contributed by atoms with Gasteiger partial charge in [0.25, 0.3) is 0 Å². The van der Waals surface area contributed by atoms with Crippen LogP contribution in [0.25, 0.3) is 0 Å². The molecule has 2 N–H and O–H groups in total. The molecule has 1 saturated heterocycles. The molecule has 2 heterocycles. The summed E-state index contributed by atoms with van der Waals surface area (Å²) in [6, 6.07) is 8.41. The molecule has 0 saturated carbocycles. The summed E-state index contributed by atoms with van der Waals surface area (Å²) in [4.78, 5) is 50.8. The van der Waals surface area contributed by atoms with Gasteiger partial charge in [-0.25, -0.2) is 4.90 Å². The van der Waals surface area contributed by atoms with Gasteiger partial charge in [-0.2, -0.15) is 0 Å². The summed E-state index contributed by atoms with van der Waals surface area (Å²) in [5, 5.41) is 15.3. The van der Waals surface area contributed by atoms with Crippen molar-refractivity contribution in [2.45, 2.75) is 36.3 Å². The quantitative estimate of drug-likeness (QED) is 0.502. The van der Waals surface area contributed by atoms with Gasteiger partial charge in [0, 0.05) is 23.1 Å². The predicted molar refractivity (Wildman–Crippen MR) is 116 cm³/mol. The summed E-state index contributed by atoms with van der Waals surface area (Å²) < 4.78 is 4.96. The highest BCUT2D eigenvalue weighted by Gasteiger charge is 2.41. The highest BCUT2D eigenvalue weighted by molar-refractivity contribution is 8.00. The van der Waals surface area contributed by atoms with Crippen LogP contribution in [0.5, 0.6) is 0 Å². The van der Waals surface area contributed by atoms with E-state index in [9.17, 15) is 24.3 Å². The summed E-state index contributed by atoms with van der Waals surface area (Å²) in [6.07, 6.45) is 4.39. The molecule has 32 heavy (non-hydrogen) atoms. The smallest absolute Gasteiger partial charge is 0.307 e. The van der Waals surface area contributed by atoms with Crippen molar-refractivity contribution in [1.29, 1.82) is 0 Å². The number of nitrogens with zero attached hydrogens (tertiary/aromatic N) is 2. The second-order valence-electron chi connectivity index (χ2n) is 7.68. The van der Waals surface area contributed by atoms with Gasteiger partial charge in [-0.1, -0.05) is 17.3 Å². The minimum Gasteiger partial charge on any atom is -0.481 e. The summed E-state index contributed by atoms with van der Waals surface area (Å²) in [5.74, 6) is -2.67. The molecule has 4 rings (SSSR count). The number of aromatic nitrogens is 1. The van der Waals surface area contributed by atoms with E-state index in [1.165, 1.54) is 17.8 Å². The number of hydrogen-bond acceptors (Lipinski definition) is 7. The lowest BCUT2D eigenvalue weighted by atomic mass is 9.82. The first-order chi connectivity index (χ1) is 15.3. The average Bonchev–Trinajstić information content (AvgIpc) is 3.31. The van der Waals surface area contributed by atoms with Gasteiger partial charge in [0.05, 0.1) is 17.1 Å². The number of carbonyl (C=O) groups is 4. The molecule has 1 aromatic carbocycles. The molecule has 1 aliphatic carbocycles. The fourth-order valence-electron chi connectivity index (χ4n) is 3.79. The maximum absolute atomic E-state index is 12.7. The molecule has 0 spiro atoms. The number of imide groups is 1. The average molecular weight is 455 g/mol. The molecule has 0 bridgehead atoms. The van der Waals surface area contributed by atoms with Crippen molar-refractivity contribution in [3.63, 3.8) is 0 Å². The first-order valence-corrected chi connectivity index (χ1v) is 11.0. The molecule has 2 aliphatic rings. The molecule has 3 atom stereocenters. The number of aryl methyl sites for hydroxylation is 1. The standard InChI is InChI=1S/C22H21N3O6S/c1-12-10-18(24-31-12)25-19(26)11-17(21(25)28)32-14-8-6-13(7-9-14)23-20(27)15-4-2-3-5-16(15)22(29)30/h2-3,6-10,15-17H,4-5,11H2,1H3,(H,23,27)(H,29,30)/t15-,16-,17-/m0/s1. The Balaban J connectivity index is 1.38. The van der Waals surface area contributed by atoms with E-state index in [4.69, 9.17) is 4.52 Å². The molecule has 3 amide bonds. The number of thioether (sulfide) groups is 1. The van der Waals surface area contributed by atoms with E-state index >= 15 is 0 Å². The molecule has 1 aromatic heterocycles. The number of aliphatic carboxylic acids is 1. The summed E-state index contributed by atoms with van der Waals surface area (Å²) in [7, 11) is 0. The molecular weight excluding hydrogens is 434 g/mol.